The molecule has 0 saturated carbocycles. The molecule has 14 heteroatoms. The Bertz CT molecular complexity index is 2030. The Labute approximate surface area is 265 Å². The molecule has 3 heterocycles. The molecule has 1 amide bonds. The molecule has 2 aromatic heterocycles. The smallest absolute Gasteiger partial charge is 0.355 e. The highest BCUT2D eigenvalue weighted by molar-refractivity contribution is 7.90. The predicted molar refractivity (Wildman–Crippen MR) is 174 cm³/mol. The number of nitrogen functional groups attached to an aromatic ring is 1. The second-order valence-electron chi connectivity index (χ2n) is 11.6. The van der Waals surface area contributed by atoms with Gasteiger partial charge in [-0.1, -0.05) is 24.3 Å². The fraction of sp³-hybridized carbons (Fsp3) is 0.312. The van der Waals surface area contributed by atoms with Crippen molar-refractivity contribution in [2.75, 3.05) is 57.2 Å². The third kappa shape index (κ3) is 6.22. The van der Waals surface area contributed by atoms with E-state index in [9.17, 15) is 18.0 Å². The molecule has 0 aliphatic carbocycles. The molecule has 0 radical (unpaired) electrons. The number of halogens is 2. The highest BCUT2D eigenvalue weighted by atomic mass is 32.2. The topological polar surface area (TPSA) is 135 Å². The first kappa shape index (κ1) is 32.7. The van der Waals surface area contributed by atoms with Crippen LogP contribution in [0.2, 0.25) is 0 Å². The fourth-order valence-electron chi connectivity index (χ4n) is 5.65. The van der Waals surface area contributed by atoms with Gasteiger partial charge in [0.15, 0.2) is 21.3 Å². The number of sulfone groups is 1. The molecule has 1 aliphatic rings. The third-order valence-corrected chi connectivity index (χ3v) is 8.98. The zero-order chi connectivity index (χ0) is 33.5. The summed E-state index contributed by atoms with van der Waals surface area (Å²) in [7, 11) is -0.0708. The monoisotopic (exact) mass is 651 g/mol. The van der Waals surface area contributed by atoms with E-state index in [1.807, 2.05) is 25.9 Å². The van der Waals surface area contributed by atoms with E-state index in [0.29, 0.717) is 25.2 Å². The molecule has 242 valence electrons. The van der Waals surface area contributed by atoms with E-state index in [4.69, 9.17) is 5.73 Å². The van der Waals surface area contributed by atoms with Crippen LogP contribution in [0.1, 0.15) is 12.5 Å². The number of nitrogens with two attached hydrogens (primary N) is 1. The van der Waals surface area contributed by atoms with Gasteiger partial charge in [0.05, 0.1) is 21.5 Å². The molecule has 46 heavy (non-hydrogen) atoms. The summed E-state index contributed by atoms with van der Waals surface area (Å²) >= 11 is 0. The van der Waals surface area contributed by atoms with Gasteiger partial charge in [-0.25, -0.2) is 31.5 Å². The summed E-state index contributed by atoms with van der Waals surface area (Å²) in [6, 6.07) is 9.17. The van der Waals surface area contributed by atoms with Crippen LogP contribution in [0.4, 0.5) is 20.3 Å². The highest BCUT2D eigenvalue weighted by Crippen LogP contribution is 2.35. The molecule has 4 aromatic rings. The largest absolute Gasteiger partial charge is 0.398 e. The predicted octanol–water partition coefficient (Wildman–Crippen LogP) is 3.17. The van der Waals surface area contributed by atoms with Gasteiger partial charge in [-0.3, -0.25) is 4.79 Å². The van der Waals surface area contributed by atoms with E-state index in [1.165, 1.54) is 24.3 Å². The van der Waals surface area contributed by atoms with Gasteiger partial charge in [-0.05, 0) is 57.8 Å². The van der Waals surface area contributed by atoms with Crippen molar-refractivity contribution >= 4 is 38.3 Å². The molecule has 2 N–H and O–H groups in total. The van der Waals surface area contributed by atoms with Crippen LogP contribution in [0, 0.1) is 18.6 Å². The van der Waals surface area contributed by atoms with Crippen molar-refractivity contribution in [1.82, 2.24) is 24.3 Å². The number of piperazine rings is 1. The van der Waals surface area contributed by atoms with Gasteiger partial charge in [-0.2, -0.15) is 4.98 Å². The van der Waals surface area contributed by atoms with E-state index in [1.54, 1.807) is 34.9 Å². The highest BCUT2D eigenvalue weighted by Gasteiger charge is 2.31. The van der Waals surface area contributed by atoms with Gasteiger partial charge in [0.1, 0.15) is 17.3 Å². The first-order valence-corrected chi connectivity index (χ1v) is 16.4. The number of fused-ring (bicyclic) bond motifs is 1. The maximum absolute atomic E-state index is 16.0. The minimum Gasteiger partial charge on any atom is -0.398 e. The minimum atomic E-state index is -3.86. The number of para-hydroxylation sites is 1. The molecule has 1 aliphatic heterocycles. The number of hydrogen-bond donors (Lipinski definition) is 1. The zero-order valence-corrected chi connectivity index (χ0v) is 27.0. The number of amides is 1. The van der Waals surface area contributed by atoms with Crippen LogP contribution >= 0.6 is 0 Å². The lowest BCUT2D eigenvalue weighted by Gasteiger charge is -2.40. The maximum atomic E-state index is 16.0. The minimum absolute atomic E-state index is 0.00131. The second kappa shape index (κ2) is 12.6. The normalized spacial score (nSPS) is 15.8. The van der Waals surface area contributed by atoms with Gasteiger partial charge >= 0.3 is 5.69 Å². The van der Waals surface area contributed by atoms with Crippen molar-refractivity contribution in [3.63, 3.8) is 0 Å². The summed E-state index contributed by atoms with van der Waals surface area (Å²) in [6.07, 6.45) is 4.31. The Morgan fingerprint density at radius 2 is 1.83 bits per heavy atom. The molecule has 1 fully saturated rings. The van der Waals surface area contributed by atoms with Crippen LogP contribution in [0.5, 0.6) is 0 Å². The molecule has 0 unspecified atom stereocenters. The van der Waals surface area contributed by atoms with E-state index in [2.05, 4.69) is 9.97 Å². The molecule has 11 nitrogen and oxygen atoms in total. The lowest BCUT2D eigenvalue weighted by Crippen LogP contribution is -2.54. The van der Waals surface area contributed by atoms with Crippen molar-refractivity contribution in [3.05, 3.63) is 82.3 Å². The quantitative estimate of drug-likeness (QED) is 0.236. The summed E-state index contributed by atoms with van der Waals surface area (Å²) in [5, 5.41) is 0.0935. The molecule has 2 aromatic carbocycles. The van der Waals surface area contributed by atoms with E-state index < -0.39 is 32.9 Å². The van der Waals surface area contributed by atoms with Gasteiger partial charge in [0.25, 0.3) is 0 Å². The number of aryl methyl sites for hydroxylation is 1. The molecule has 5 rings (SSSR count). The summed E-state index contributed by atoms with van der Waals surface area (Å²) in [4.78, 5) is 40.9. The van der Waals surface area contributed by atoms with Crippen LogP contribution < -0.4 is 16.3 Å². The standard InChI is InChI=1S/C32H35F2N7O4S/c1-19-9-6-12-25(46(5,44)45)29(19)41-31-21(17-23(34)28(36-31)27-22(33)10-7-11-24(27)35)30(37-32(41)43)40-16-15-39(18-20(40)2)26(42)13-8-14-38(3)4/h6-13,17,20H,14-16,18,35H2,1-5H3/b13-8+/t20-/m0/s1. The number of anilines is 2. The van der Waals surface area contributed by atoms with Crippen molar-refractivity contribution in [2.45, 2.75) is 24.8 Å². The third-order valence-electron chi connectivity index (χ3n) is 7.85. The van der Waals surface area contributed by atoms with E-state index in [-0.39, 0.29) is 57.2 Å². The average Bonchev–Trinajstić information content (AvgIpc) is 2.97. The number of aromatic nitrogens is 3. The number of pyridine rings is 1. The molecular formula is C32H35F2N7O4S. The van der Waals surface area contributed by atoms with E-state index >= 15 is 8.78 Å². The first-order valence-electron chi connectivity index (χ1n) is 14.5. The average molecular weight is 652 g/mol. The Balaban J connectivity index is 1.73. The number of rotatable bonds is 7. The van der Waals surface area contributed by atoms with Crippen LogP contribution in [0.15, 0.2) is 64.3 Å². The molecule has 1 atom stereocenters. The second-order valence-corrected chi connectivity index (χ2v) is 13.6. The Hall–Kier alpha value is -4.69. The van der Waals surface area contributed by atoms with Gasteiger partial charge in [0.2, 0.25) is 5.91 Å². The number of carbonyl (C=O) groups is 1. The summed E-state index contributed by atoms with van der Waals surface area (Å²) in [6.45, 7) is 4.95. The lowest BCUT2D eigenvalue weighted by atomic mass is 10.1. The van der Waals surface area contributed by atoms with Crippen molar-refractivity contribution in [1.29, 1.82) is 0 Å². The number of carbonyl (C=O) groups excluding carboxylic acids is 1. The first-order chi connectivity index (χ1) is 21.7. The molecule has 0 spiro atoms. The van der Waals surface area contributed by atoms with Crippen LogP contribution in [0.25, 0.3) is 28.0 Å². The van der Waals surface area contributed by atoms with Crippen LogP contribution in [0.3, 0.4) is 0 Å². The number of nitrogens with zero attached hydrogens (tertiary/aromatic N) is 6. The van der Waals surface area contributed by atoms with Crippen molar-refractivity contribution in [2.24, 2.45) is 0 Å². The molecule has 0 bridgehead atoms. The Morgan fingerprint density at radius 3 is 2.48 bits per heavy atom. The molecular weight excluding hydrogens is 616 g/mol. The SMILES string of the molecule is Cc1cccc(S(C)(=O)=O)c1-n1c(=O)nc(N2CCN(C(=O)/C=C/CN(C)C)C[C@@H]2C)c2cc(F)c(-c3c(N)cccc3F)nc21. The number of hydrogen-bond acceptors (Lipinski definition) is 9. The van der Waals surface area contributed by atoms with Gasteiger partial charge in [0, 0.05) is 50.2 Å². The van der Waals surface area contributed by atoms with E-state index in [0.717, 1.165) is 23.0 Å². The Morgan fingerprint density at radius 1 is 1.11 bits per heavy atom. The Kier molecular flexibility index (Phi) is 8.96. The van der Waals surface area contributed by atoms with Crippen molar-refractivity contribution in [3.8, 4) is 16.9 Å². The number of likely N-dealkylation sites (N-methyl/N-ethyl adjacent to an activating group) is 1. The fourth-order valence-corrected chi connectivity index (χ4v) is 6.58. The van der Waals surface area contributed by atoms with Crippen LogP contribution in [-0.4, -0.2) is 91.2 Å². The van der Waals surface area contributed by atoms with Gasteiger partial charge < -0.3 is 20.4 Å². The lowest BCUT2D eigenvalue weighted by molar-refractivity contribution is -0.126. The van der Waals surface area contributed by atoms with Crippen molar-refractivity contribution < 1.29 is 22.0 Å². The summed E-state index contributed by atoms with van der Waals surface area (Å²) in [5.41, 5.74) is 4.64. The van der Waals surface area contributed by atoms with Crippen LogP contribution in [-0.2, 0) is 14.6 Å². The number of benzene rings is 2. The molecule has 1 saturated heterocycles. The van der Waals surface area contributed by atoms with Gasteiger partial charge in [-0.15, -0.1) is 0 Å². The summed E-state index contributed by atoms with van der Waals surface area (Å²) in [5.74, 6) is -1.80. The maximum Gasteiger partial charge on any atom is 0.355 e. The summed E-state index contributed by atoms with van der Waals surface area (Å²) < 4.78 is 57.8. The zero-order valence-electron chi connectivity index (χ0n) is 26.2.